The summed E-state index contributed by atoms with van der Waals surface area (Å²) in [6.07, 6.45) is 3.39. The largest absolute Gasteiger partial charge is 0.378 e. The zero-order valence-electron chi connectivity index (χ0n) is 14.5. The van der Waals surface area contributed by atoms with Gasteiger partial charge in [0.25, 0.3) is 0 Å². The minimum absolute atomic E-state index is 0.205. The predicted molar refractivity (Wildman–Crippen MR) is 99.8 cm³/mol. The van der Waals surface area contributed by atoms with Crippen LogP contribution < -0.4 is 9.74 Å². The second kappa shape index (κ2) is 7.45. The van der Waals surface area contributed by atoms with Gasteiger partial charge >= 0.3 is 6.01 Å². The molecule has 0 radical (unpaired) electrons. The third kappa shape index (κ3) is 3.62. The van der Waals surface area contributed by atoms with Crippen LogP contribution in [0.15, 0.2) is 47.8 Å². The van der Waals surface area contributed by atoms with Crippen molar-refractivity contribution in [2.24, 2.45) is 5.16 Å². The molecule has 2 aromatic heterocycles. The van der Waals surface area contributed by atoms with Crippen LogP contribution in [0.3, 0.4) is 0 Å². The summed E-state index contributed by atoms with van der Waals surface area (Å²) in [4.78, 5) is 21.0. The van der Waals surface area contributed by atoms with Crippen molar-refractivity contribution in [3.63, 3.8) is 0 Å². The maximum atomic E-state index is 5.45. The van der Waals surface area contributed by atoms with Gasteiger partial charge in [0.05, 0.1) is 24.9 Å². The molecule has 0 atom stereocenters. The normalized spacial score (nSPS) is 14.9. The maximum Gasteiger partial charge on any atom is 0.348 e. The highest BCUT2D eigenvalue weighted by molar-refractivity contribution is 5.85. The number of aromatic nitrogens is 3. The summed E-state index contributed by atoms with van der Waals surface area (Å²) >= 11 is 0. The summed E-state index contributed by atoms with van der Waals surface area (Å²) in [5.41, 5.74) is 3.60. The van der Waals surface area contributed by atoms with Gasteiger partial charge in [0.2, 0.25) is 0 Å². The third-order valence-electron chi connectivity index (χ3n) is 4.10. The van der Waals surface area contributed by atoms with Crippen molar-refractivity contribution in [3.05, 3.63) is 53.7 Å². The van der Waals surface area contributed by atoms with Gasteiger partial charge in [-0.3, -0.25) is 4.98 Å². The van der Waals surface area contributed by atoms with E-state index in [-0.39, 0.29) is 6.01 Å². The first kappa shape index (κ1) is 16.4. The highest BCUT2D eigenvalue weighted by Crippen LogP contribution is 2.25. The smallest absolute Gasteiger partial charge is 0.348 e. The molecular formula is C19H19N5O2. The number of oxime groups is 1. The quantitative estimate of drug-likeness (QED) is 0.532. The van der Waals surface area contributed by atoms with E-state index in [1.165, 1.54) is 0 Å². The van der Waals surface area contributed by atoms with Gasteiger partial charge in [0, 0.05) is 19.3 Å². The second-order valence-corrected chi connectivity index (χ2v) is 6.04. The SMILES string of the molecule is Cc1cccc(/C=N/Oc2nc(N3CCOCC3)c3ncccc3n2)c1. The standard InChI is InChI=1S/C19H19N5O2/c1-14-4-2-5-15(12-14)13-21-26-19-22-16-6-3-7-20-17(16)18(23-19)24-8-10-25-11-9-24/h2-7,12-13H,8-11H2,1H3/b21-13+. The molecule has 0 amide bonds. The topological polar surface area (TPSA) is 72.7 Å². The van der Waals surface area contributed by atoms with Gasteiger partial charge in [-0.25, -0.2) is 0 Å². The molecule has 0 aliphatic carbocycles. The fraction of sp³-hybridized carbons (Fsp3) is 0.263. The first-order chi connectivity index (χ1) is 12.8. The average molecular weight is 349 g/mol. The van der Waals surface area contributed by atoms with Crippen molar-refractivity contribution in [2.45, 2.75) is 6.92 Å². The molecule has 0 unspecified atom stereocenters. The molecule has 4 rings (SSSR count). The van der Waals surface area contributed by atoms with E-state index in [2.05, 4.69) is 25.0 Å². The van der Waals surface area contributed by atoms with E-state index in [0.717, 1.165) is 41.1 Å². The Morgan fingerprint density at radius 3 is 2.88 bits per heavy atom. The van der Waals surface area contributed by atoms with Crippen molar-refractivity contribution in [3.8, 4) is 6.01 Å². The van der Waals surface area contributed by atoms with Crippen LogP contribution >= 0.6 is 0 Å². The number of fused-ring (bicyclic) bond motifs is 1. The van der Waals surface area contributed by atoms with E-state index in [1.54, 1.807) is 12.4 Å². The van der Waals surface area contributed by atoms with Gasteiger partial charge in [-0.1, -0.05) is 35.0 Å². The summed E-state index contributed by atoms with van der Waals surface area (Å²) in [5.74, 6) is 0.750. The van der Waals surface area contributed by atoms with Crippen LogP contribution in [0.25, 0.3) is 11.0 Å². The van der Waals surface area contributed by atoms with E-state index < -0.39 is 0 Å². The van der Waals surface area contributed by atoms with Crippen molar-refractivity contribution >= 4 is 23.1 Å². The maximum absolute atomic E-state index is 5.45. The van der Waals surface area contributed by atoms with Crippen molar-refractivity contribution < 1.29 is 9.57 Å². The van der Waals surface area contributed by atoms with Crippen LogP contribution in [0.1, 0.15) is 11.1 Å². The van der Waals surface area contributed by atoms with E-state index >= 15 is 0 Å². The Bertz CT molecular complexity index is 938. The molecule has 3 heterocycles. The first-order valence-electron chi connectivity index (χ1n) is 8.52. The zero-order chi connectivity index (χ0) is 17.8. The number of morpholine rings is 1. The molecule has 0 spiro atoms. The lowest BCUT2D eigenvalue weighted by Crippen LogP contribution is -2.37. The Morgan fingerprint density at radius 2 is 2.04 bits per heavy atom. The van der Waals surface area contributed by atoms with Gasteiger partial charge in [0.1, 0.15) is 5.52 Å². The van der Waals surface area contributed by atoms with Crippen LogP contribution in [0.5, 0.6) is 6.01 Å². The van der Waals surface area contributed by atoms with E-state index in [4.69, 9.17) is 9.57 Å². The number of hydrogen-bond acceptors (Lipinski definition) is 7. The monoisotopic (exact) mass is 349 g/mol. The Morgan fingerprint density at radius 1 is 1.15 bits per heavy atom. The minimum Gasteiger partial charge on any atom is -0.378 e. The van der Waals surface area contributed by atoms with Gasteiger partial charge in [-0.15, -0.1) is 0 Å². The highest BCUT2D eigenvalue weighted by Gasteiger charge is 2.18. The second-order valence-electron chi connectivity index (χ2n) is 6.04. The molecular weight excluding hydrogens is 330 g/mol. The number of anilines is 1. The van der Waals surface area contributed by atoms with Crippen LogP contribution in [0.4, 0.5) is 5.82 Å². The van der Waals surface area contributed by atoms with E-state index in [9.17, 15) is 0 Å². The molecule has 0 N–H and O–H groups in total. The lowest BCUT2D eigenvalue weighted by Gasteiger charge is -2.28. The van der Waals surface area contributed by atoms with Crippen molar-refractivity contribution in [2.75, 3.05) is 31.2 Å². The fourth-order valence-electron chi connectivity index (χ4n) is 2.85. The number of benzene rings is 1. The molecule has 1 aromatic carbocycles. The number of rotatable bonds is 4. The Balaban J connectivity index is 1.62. The highest BCUT2D eigenvalue weighted by atomic mass is 16.6. The van der Waals surface area contributed by atoms with Crippen LogP contribution in [-0.4, -0.2) is 47.5 Å². The molecule has 1 aliphatic rings. The van der Waals surface area contributed by atoms with E-state index in [1.807, 2.05) is 43.3 Å². The fourth-order valence-corrected chi connectivity index (χ4v) is 2.85. The molecule has 0 saturated carbocycles. The average Bonchev–Trinajstić information content (AvgIpc) is 2.68. The summed E-state index contributed by atoms with van der Waals surface area (Å²) in [6, 6.07) is 11.9. The van der Waals surface area contributed by atoms with Gasteiger partial charge in [-0.2, -0.15) is 9.97 Å². The molecule has 1 saturated heterocycles. The molecule has 132 valence electrons. The molecule has 26 heavy (non-hydrogen) atoms. The molecule has 1 aliphatic heterocycles. The number of ether oxygens (including phenoxy) is 1. The number of aryl methyl sites for hydroxylation is 1. The van der Waals surface area contributed by atoms with Gasteiger partial charge in [-0.05, 0) is 24.6 Å². The van der Waals surface area contributed by atoms with Crippen LogP contribution in [0, 0.1) is 6.92 Å². The molecule has 7 heteroatoms. The molecule has 1 fully saturated rings. The summed E-state index contributed by atoms with van der Waals surface area (Å²) in [6.45, 7) is 4.88. The third-order valence-corrected chi connectivity index (χ3v) is 4.10. The molecule has 3 aromatic rings. The minimum atomic E-state index is 0.205. The zero-order valence-corrected chi connectivity index (χ0v) is 14.5. The van der Waals surface area contributed by atoms with Gasteiger partial charge < -0.3 is 14.5 Å². The summed E-state index contributed by atoms with van der Waals surface area (Å²) in [5, 5.41) is 4.03. The predicted octanol–water partition coefficient (Wildman–Crippen LogP) is 2.58. The van der Waals surface area contributed by atoms with Crippen LogP contribution in [0.2, 0.25) is 0 Å². The van der Waals surface area contributed by atoms with Crippen LogP contribution in [-0.2, 0) is 4.74 Å². The number of hydrogen-bond donors (Lipinski definition) is 0. The lowest BCUT2D eigenvalue weighted by atomic mass is 10.2. The number of pyridine rings is 1. The van der Waals surface area contributed by atoms with E-state index in [0.29, 0.717) is 13.2 Å². The molecule has 7 nitrogen and oxygen atoms in total. The Hall–Kier alpha value is -3.06. The Labute approximate surface area is 151 Å². The lowest BCUT2D eigenvalue weighted by molar-refractivity contribution is 0.122. The van der Waals surface area contributed by atoms with Gasteiger partial charge in [0.15, 0.2) is 5.82 Å². The number of nitrogens with zero attached hydrogens (tertiary/aromatic N) is 5. The van der Waals surface area contributed by atoms with Crippen molar-refractivity contribution in [1.29, 1.82) is 0 Å². The molecule has 0 bridgehead atoms. The van der Waals surface area contributed by atoms with Crippen molar-refractivity contribution in [1.82, 2.24) is 15.0 Å². The first-order valence-corrected chi connectivity index (χ1v) is 8.52. The summed E-state index contributed by atoms with van der Waals surface area (Å²) < 4.78 is 5.43. The Kier molecular flexibility index (Phi) is 4.70. The summed E-state index contributed by atoms with van der Waals surface area (Å²) in [7, 11) is 0.